The van der Waals surface area contributed by atoms with E-state index in [9.17, 15) is 0 Å². The lowest BCUT2D eigenvalue weighted by Crippen LogP contribution is -2.35. The molecule has 0 aromatic heterocycles. The van der Waals surface area contributed by atoms with Crippen molar-refractivity contribution in [1.82, 2.24) is 10.6 Å². The van der Waals surface area contributed by atoms with Crippen LogP contribution < -0.4 is 10.6 Å². The van der Waals surface area contributed by atoms with Gasteiger partial charge in [0.1, 0.15) is 0 Å². The lowest BCUT2D eigenvalue weighted by molar-refractivity contribution is 0.284. The Kier molecular flexibility index (Phi) is 6.76. The SMILES string of the molecule is CNCC(C(C)C)C(NC)c1ccc(SC)cc1. The van der Waals surface area contributed by atoms with E-state index in [1.165, 1.54) is 10.5 Å². The van der Waals surface area contributed by atoms with Crippen LogP contribution in [0.25, 0.3) is 0 Å². The molecule has 2 N–H and O–H groups in total. The number of hydrogen-bond acceptors (Lipinski definition) is 3. The molecular weight excluding hydrogens is 240 g/mol. The summed E-state index contributed by atoms with van der Waals surface area (Å²) >= 11 is 1.79. The van der Waals surface area contributed by atoms with Crippen LogP contribution in [0.3, 0.4) is 0 Å². The minimum atomic E-state index is 0.411. The van der Waals surface area contributed by atoms with Crippen LogP contribution in [-0.4, -0.2) is 26.9 Å². The maximum atomic E-state index is 3.48. The highest BCUT2D eigenvalue weighted by atomic mass is 32.2. The van der Waals surface area contributed by atoms with Crippen molar-refractivity contribution < 1.29 is 0 Å². The summed E-state index contributed by atoms with van der Waals surface area (Å²) in [6.45, 7) is 5.62. The summed E-state index contributed by atoms with van der Waals surface area (Å²) in [6.07, 6.45) is 2.11. The van der Waals surface area contributed by atoms with Crippen molar-refractivity contribution in [2.24, 2.45) is 11.8 Å². The molecular formula is C15H26N2S. The molecule has 1 aromatic rings. The highest BCUT2D eigenvalue weighted by molar-refractivity contribution is 7.98. The monoisotopic (exact) mass is 266 g/mol. The molecule has 0 fully saturated rings. The number of nitrogens with one attached hydrogen (secondary N) is 2. The first-order chi connectivity index (χ1) is 8.63. The Labute approximate surface area is 116 Å². The highest BCUT2D eigenvalue weighted by Gasteiger charge is 2.23. The standard InChI is InChI=1S/C15H26N2S/c1-11(2)14(10-16-3)15(17-4)12-6-8-13(18-5)9-7-12/h6-9,11,14-17H,10H2,1-5H3. The average molecular weight is 266 g/mol. The number of thioether (sulfide) groups is 1. The molecule has 0 heterocycles. The van der Waals surface area contributed by atoms with Crippen molar-refractivity contribution in [1.29, 1.82) is 0 Å². The lowest BCUT2D eigenvalue weighted by atomic mass is 9.84. The summed E-state index contributed by atoms with van der Waals surface area (Å²) < 4.78 is 0. The summed E-state index contributed by atoms with van der Waals surface area (Å²) in [5.41, 5.74) is 1.38. The van der Waals surface area contributed by atoms with Gasteiger partial charge in [-0.1, -0.05) is 26.0 Å². The van der Waals surface area contributed by atoms with Gasteiger partial charge < -0.3 is 10.6 Å². The van der Waals surface area contributed by atoms with Crippen molar-refractivity contribution in [2.75, 3.05) is 26.9 Å². The highest BCUT2D eigenvalue weighted by Crippen LogP contribution is 2.28. The Bertz CT molecular complexity index is 335. The molecule has 18 heavy (non-hydrogen) atoms. The average Bonchev–Trinajstić information content (AvgIpc) is 2.39. The van der Waals surface area contributed by atoms with Gasteiger partial charge in [-0.15, -0.1) is 11.8 Å². The van der Waals surface area contributed by atoms with Gasteiger partial charge in [-0.2, -0.15) is 0 Å². The summed E-state index contributed by atoms with van der Waals surface area (Å²) in [6, 6.07) is 9.33. The Hall–Kier alpha value is -0.510. The Morgan fingerprint density at radius 3 is 2.11 bits per heavy atom. The molecule has 0 aliphatic heterocycles. The maximum absolute atomic E-state index is 3.48. The molecule has 2 nitrogen and oxygen atoms in total. The third-order valence-electron chi connectivity index (χ3n) is 3.51. The van der Waals surface area contributed by atoms with Crippen molar-refractivity contribution in [3.8, 4) is 0 Å². The molecule has 0 spiro atoms. The van der Waals surface area contributed by atoms with Crippen LogP contribution in [0, 0.1) is 11.8 Å². The Balaban J connectivity index is 2.91. The number of hydrogen-bond donors (Lipinski definition) is 2. The fourth-order valence-electron chi connectivity index (χ4n) is 2.41. The van der Waals surface area contributed by atoms with Crippen LogP contribution in [-0.2, 0) is 0 Å². The predicted octanol–water partition coefficient (Wildman–Crippen LogP) is 3.16. The molecule has 0 amide bonds. The van der Waals surface area contributed by atoms with Gasteiger partial charge in [0, 0.05) is 10.9 Å². The molecule has 0 aliphatic rings. The number of rotatable bonds is 7. The minimum absolute atomic E-state index is 0.411. The second-order valence-corrected chi connectivity index (χ2v) is 5.88. The van der Waals surface area contributed by atoms with Crippen LogP contribution in [0.4, 0.5) is 0 Å². The summed E-state index contributed by atoms with van der Waals surface area (Å²) in [7, 11) is 4.08. The molecule has 2 unspecified atom stereocenters. The van der Waals surface area contributed by atoms with E-state index in [4.69, 9.17) is 0 Å². The fourth-order valence-corrected chi connectivity index (χ4v) is 2.82. The van der Waals surface area contributed by atoms with Crippen LogP contribution in [0.1, 0.15) is 25.5 Å². The largest absolute Gasteiger partial charge is 0.319 e. The van der Waals surface area contributed by atoms with Crippen molar-refractivity contribution >= 4 is 11.8 Å². The van der Waals surface area contributed by atoms with Crippen LogP contribution in [0.15, 0.2) is 29.2 Å². The van der Waals surface area contributed by atoms with Gasteiger partial charge in [0.25, 0.3) is 0 Å². The topological polar surface area (TPSA) is 24.1 Å². The quantitative estimate of drug-likeness (QED) is 0.741. The molecule has 0 radical (unpaired) electrons. The van der Waals surface area contributed by atoms with Crippen LogP contribution in [0.5, 0.6) is 0 Å². The minimum Gasteiger partial charge on any atom is -0.319 e. The van der Waals surface area contributed by atoms with Gasteiger partial charge in [-0.25, -0.2) is 0 Å². The second-order valence-electron chi connectivity index (χ2n) is 5.01. The molecule has 3 heteroatoms. The summed E-state index contributed by atoms with van der Waals surface area (Å²) in [4.78, 5) is 1.32. The maximum Gasteiger partial charge on any atom is 0.0360 e. The Morgan fingerprint density at radius 1 is 1.11 bits per heavy atom. The zero-order valence-electron chi connectivity index (χ0n) is 12.2. The molecule has 2 atom stereocenters. The third-order valence-corrected chi connectivity index (χ3v) is 4.25. The van der Waals surface area contributed by atoms with Gasteiger partial charge in [-0.3, -0.25) is 0 Å². The molecule has 102 valence electrons. The van der Waals surface area contributed by atoms with Gasteiger partial charge in [0.15, 0.2) is 0 Å². The summed E-state index contributed by atoms with van der Waals surface area (Å²) in [5.74, 6) is 1.25. The molecule has 1 aromatic carbocycles. The molecule has 0 bridgehead atoms. The normalized spacial score (nSPS) is 14.8. The molecule has 1 rings (SSSR count). The van der Waals surface area contributed by atoms with Gasteiger partial charge in [-0.05, 0) is 56.4 Å². The van der Waals surface area contributed by atoms with Gasteiger partial charge in [0.2, 0.25) is 0 Å². The second kappa shape index (κ2) is 7.82. The lowest BCUT2D eigenvalue weighted by Gasteiger charge is -2.30. The zero-order chi connectivity index (χ0) is 13.5. The van der Waals surface area contributed by atoms with Gasteiger partial charge in [0.05, 0.1) is 0 Å². The van der Waals surface area contributed by atoms with E-state index < -0.39 is 0 Å². The van der Waals surface area contributed by atoms with Crippen molar-refractivity contribution in [3.63, 3.8) is 0 Å². The smallest absolute Gasteiger partial charge is 0.0360 e. The van der Waals surface area contributed by atoms with E-state index in [2.05, 4.69) is 62.0 Å². The number of benzene rings is 1. The van der Waals surface area contributed by atoms with E-state index >= 15 is 0 Å². The third kappa shape index (κ3) is 4.01. The van der Waals surface area contributed by atoms with Crippen LogP contribution in [0.2, 0.25) is 0 Å². The van der Waals surface area contributed by atoms with Gasteiger partial charge >= 0.3 is 0 Å². The van der Waals surface area contributed by atoms with Crippen molar-refractivity contribution in [2.45, 2.75) is 24.8 Å². The summed E-state index contributed by atoms with van der Waals surface area (Å²) in [5, 5.41) is 6.79. The van der Waals surface area contributed by atoms with E-state index in [-0.39, 0.29) is 0 Å². The van der Waals surface area contributed by atoms with E-state index in [1.54, 1.807) is 11.8 Å². The first-order valence-corrected chi connectivity index (χ1v) is 7.82. The van der Waals surface area contributed by atoms with E-state index in [1.807, 2.05) is 7.05 Å². The van der Waals surface area contributed by atoms with E-state index in [0.29, 0.717) is 17.9 Å². The zero-order valence-corrected chi connectivity index (χ0v) is 13.0. The first kappa shape index (κ1) is 15.5. The molecule has 0 saturated carbocycles. The Morgan fingerprint density at radius 2 is 1.72 bits per heavy atom. The van der Waals surface area contributed by atoms with Crippen molar-refractivity contribution in [3.05, 3.63) is 29.8 Å². The fraction of sp³-hybridized carbons (Fsp3) is 0.600. The van der Waals surface area contributed by atoms with Crippen LogP contribution >= 0.6 is 11.8 Å². The first-order valence-electron chi connectivity index (χ1n) is 6.59. The molecule has 0 saturated heterocycles. The predicted molar refractivity (Wildman–Crippen MR) is 82.3 cm³/mol. The van der Waals surface area contributed by atoms with E-state index in [0.717, 1.165) is 6.54 Å². The molecule has 0 aliphatic carbocycles.